The third-order valence-corrected chi connectivity index (χ3v) is 4.44. The van der Waals surface area contributed by atoms with Gasteiger partial charge in [0.2, 0.25) is 0 Å². The van der Waals surface area contributed by atoms with Crippen molar-refractivity contribution in [2.75, 3.05) is 18.5 Å². The van der Waals surface area contributed by atoms with Crippen molar-refractivity contribution in [3.05, 3.63) is 58.3 Å². The molecule has 1 aromatic heterocycles. The van der Waals surface area contributed by atoms with Gasteiger partial charge >= 0.3 is 0 Å². The fourth-order valence-electron chi connectivity index (χ4n) is 3.18. The molecule has 0 spiro atoms. The summed E-state index contributed by atoms with van der Waals surface area (Å²) < 4.78 is 5.98. The summed E-state index contributed by atoms with van der Waals surface area (Å²) in [6.45, 7) is 4.92. The van der Waals surface area contributed by atoms with Crippen molar-refractivity contribution in [1.29, 1.82) is 5.26 Å². The number of nitrogens with zero attached hydrogens (tertiary/aromatic N) is 2. The highest BCUT2D eigenvalue weighted by atomic mass is 16.5. The largest absolute Gasteiger partial charge is 0.395 e. The van der Waals surface area contributed by atoms with Crippen molar-refractivity contribution in [1.82, 2.24) is 4.98 Å². The number of nitrogens with one attached hydrogen (secondary N) is 1. The van der Waals surface area contributed by atoms with Gasteiger partial charge in [-0.3, -0.25) is 0 Å². The molecule has 2 heterocycles. The molecule has 1 aliphatic rings. The Morgan fingerprint density at radius 2 is 2.08 bits per heavy atom. The van der Waals surface area contributed by atoms with Gasteiger partial charge in [0.25, 0.3) is 0 Å². The van der Waals surface area contributed by atoms with Crippen LogP contribution in [0.4, 0.5) is 5.82 Å². The number of pyridine rings is 1. The first-order valence-electron chi connectivity index (χ1n) is 8.51. The van der Waals surface area contributed by atoms with Gasteiger partial charge in [0.05, 0.1) is 30.1 Å². The summed E-state index contributed by atoms with van der Waals surface area (Å²) in [6, 6.07) is 12.4. The van der Waals surface area contributed by atoms with Crippen LogP contribution in [0.1, 0.15) is 41.8 Å². The summed E-state index contributed by atoms with van der Waals surface area (Å²) in [5.74, 6) is 0.555. The molecule has 0 saturated carbocycles. The van der Waals surface area contributed by atoms with Crippen LogP contribution in [0.25, 0.3) is 0 Å². The average Bonchev–Trinajstić information content (AvgIpc) is 2.59. The second-order valence-corrected chi connectivity index (χ2v) is 6.89. The summed E-state index contributed by atoms with van der Waals surface area (Å²) in [5, 5.41) is 22.0. The van der Waals surface area contributed by atoms with Gasteiger partial charge in [-0.1, -0.05) is 30.3 Å². The first kappa shape index (κ1) is 17.4. The Morgan fingerprint density at radius 3 is 2.76 bits per heavy atom. The Labute approximate surface area is 148 Å². The standard InChI is InChI=1S/C20H23N3O2/c1-20(2)11-18-17(13-25-20)15(10-14-6-4-3-5-7-14)16(12-21)19(23-18)22-8-9-24/h3-7,24H,8-11,13H2,1-2H3,(H,22,23). The molecule has 25 heavy (non-hydrogen) atoms. The highest BCUT2D eigenvalue weighted by Gasteiger charge is 2.31. The van der Waals surface area contributed by atoms with Crippen LogP contribution in [0.15, 0.2) is 30.3 Å². The molecule has 1 aliphatic heterocycles. The van der Waals surface area contributed by atoms with E-state index < -0.39 is 0 Å². The van der Waals surface area contributed by atoms with Gasteiger partial charge in [-0.25, -0.2) is 4.98 Å². The zero-order chi connectivity index (χ0) is 17.9. The topological polar surface area (TPSA) is 78.2 Å². The predicted molar refractivity (Wildman–Crippen MR) is 96.3 cm³/mol. The zero-order valence-corrected chi connectivity index (χ0v) is 14.7. The minimum atomic E-state index is -0.271. The zero-order valence-electron chi connectivity index (χ0n) is 14.7. The van der Waals surface area contributed by atoms with E-state index in [0.29, 0.717) is 37.4 Å². The molecule has 0 atom stereocenters. The predicted octanol–water partition coefficient (Wildman–Crippen LogP) is 2.80. The molecule has 0 unspecified atom stereocenters. The van der Waals surface area contributed by atoms with Crippen LogP contribution in [0, 0.1) is 11.3 Å². The maximum Gasteiger partial charge on any atom is 0.144 e. The lowest BCUT2D eigenvalue weighted by atomic mass is 9.89. The summed E-state index contributed by atoms with van der Waals surface area (Å²) in [6.07, 6.45) is 1.36. The maximum absolute atomic E-state index is 9.75. The van der Waals surface area contributed by atoms with Crippen LogP contribution < -0.4 is 5.32 Å². The third-order valence-electron chi connectivity index (χ3n) is 4.44. The number of aliphatic hydroxyl groups is 1. The number of aromatic nitrogens is 1. The van der Waals surface area contributed by atoms with E-state index in [9.17, 15) is 5.26 Å². The molecular formula is C20H23N3O2. The normalized spacial score (nSPS) is 15.3. The van der Waals surface area contributed by atoms with Crippen molar-refractivity contribution in [2.24, 2.45) is 0 Å². The smallest absolute Gasteiger partial charge is 0.144 e. The van der Waals surface area contributed by atoms with Crippen molar-refractivity contribution in [3.63, 3.8) is 0 Å². The number of fused-ring (bicyclic) bond motifs is 1. The minimum Gasteiger partial charge on any atom is -0.395 e. The third kappa shape index (κ3) is 3.81. The highest BCUT2D eigenvalue weighted by Crippen LogP contribution is 2.34. The van der Waals surface area contributed by atoms with Crippen LogP contribution in [-0.4, -0.2) is 28.8 Å². The first-order valence-corrected chi connectivity index (χ1v) is 8.51. The molecule has 0 fully saturated rings. The number of hydrogen-bond acceptors (Lipinski definition) is 5. The van der Waals surface area contributed by atoms with Crippen LogP contribution in [-0.2, 0) is 24.2 Å². The van der Waals surface area contributed by atoms with Crippen molar-refractivity contribution < 1.29 is 9.84 Å². The second kappa shape index (κ2) is 7.22. The Balaban J connectivity index is 2.11. The lowest BCUT2D eigenvalue weighted by molar-refractivity contribution is -0.0416. The van der Waals surface area contributed by atoms with Gasteiger partial charge in [-0.05, 0) is 31.4 Å². The molecule has 0 amide bonds. The Hall–Kier alpha value is -2.42. The molecule has 0 saturated heterocycles. The molecule has 1 aromatic carbocycles. The molecule has 0 aliphatic carbocycles. The molecule has 0 bridgehead atoms. The van der Waals surface area contributed by atoms with E-state index in [4.69, 9.17) is 14.8 Å². The van der Waals surface area contributed by atoms with Gasteiger partial charge in [0.1, 0.15) is 11.9 Å². The molecule has 5 nitrogen and oxygen atoms in total. The molecule has 5 heteroatoms. The number of rotatable bonds is 5. The molecule has 130 valence electrons. The fourth-order valence-corrected chi connectivity index (χ4v) is 3.18. The number of nitriles is 1. The number of aliphatic hydroxyl groups excluding tert-OH is 1. The summed E-state index contributed by atoms with van der Waals surface area (Å²) >= 11 is 0. The van der Waals surface area contributed by atoms with E-state index in [1.807, 2.05) is 32.0 Å². The quantitative estimate of drug-likeness (QED) is 0.877. The van der Waals surface area contributed by atoms with Crippen LogP contribution in [0.5, 0.6) is 0 Å². The first-order chi connectivity index (χ1) is 12.0. The Morgan fingerprint density at radius 1 is 1.32 bits per heavy atom. The van der Waals surface area contributed by atoms with Gasteiger partial charge in [0, 0.05) is 18.5 Å². The van der Waals surface area contributed by atoms with Crippen LogP contribution in [0.3, 0.4) is 0 Å². The average molecular weight is 337 g/mol. The van der Waals surface area contributed by atoms with E-state index in [1.165, 1.54) is 0 Å². The van der Waals surface area contributed by atoms with E-state index in [0.717, 1.165) is 22.4 Å². The van der Waals surface area contributed by atoms with Crippen LogP contribution >= 0.6 is 0 Å². The van der Waals surface area contributed by atoms with Crippen molar-refractivity contribution in [3.8, 4) is 6.07 Å². The minimum absolute atomic E-state index is 0.00768. The summed E-state index contributed by atoms with van der Waals surface area (Å²) in [4.78, 5) is 4.69. The lowest BCUT2D eigenvalue weighted by Crippen LogP contribution is -2.33. The molecular weight excluding hydrogens is 314 g/mol. The Bertz CT molecular complexity index is 795. The fraction of sp³-hybridized carbons (Fsp3) is 0.400. The van der Waals surface area contributed by atoms with Crippen molar-refractivity contribution >= 4 is 5.82 Å². The van der Waals surface area contributed by atoms with E-state index in [1.54, 1.807) is 0 Å². The van der Waals surface area contributed by atoms with Gasteiger partial charge in [0.15, 0.2) is 0 Å². The van der Waals surface area contributed by atoms with Gasteiger partial charge in [-0.15, -0.1) is 0 Å². The molecule has 3 rings (SSSR count). The monoisotopic (exact) mass is 337 g/mol. The summed E-state index contributed by atoms with van der Waals surface area (Å²) in [7, 11) is 0. The van der Waals surface area contributed by atoms with E-state index in [-0.39, 0.29) is 12.2 Å². The SMILES string of the molecule is CC1(C)Cc2nc(NCCO)c(C#N)c(Cc3ccccc3)c2CO1. The Kier molecular flexibility index (Phi) is 5.03. The molecule has 2 N–H and O–H groups in total. The molecule has 2 aromatic rings. The number of anilines is 1. The van der Waals surface area contributed by atoms with Crippen molar-refractivity contribution in [2.45, 2.75) is 38.9 Å². The summed E-state index contributed by atoms with van der Waals surface area (Å²) in [5.41, 5.74) is 4.38. The van der Waals surface area contributed by atoms with E-state index >= 15 is 0 Å². The van der Waals surface area contributed by atoms with Gasteiger partial charge in [-0.2, -0.15) is 5.26 Å². The molecule has 0 radical (unpaired) electrons. The highest BCUT2D eigenvalue weighted by molar-refractivity contribution is 5.61. The van der Waals surface area contributed by atoms with Gasteiger partial charge < -0.3 is 15.2 Å². The van der Waals surface area contributed by atoms with Crippen LogP contribution in [0.2, 0.25) is 0 Å². The lowest BCUT2D eigenvalue weighted by Gasteiger charge is -2.33. The second-order valence-electron chi connectivity index (χ2n) is 6.89. The van der Waals surface area contributed by atoms with E-state index in [2.05, 4.69) is 23.5 Å². The number of hydrogen-bond donors (Lipinski definition) is 2. The number of benzene rings is 1. The number of ether oxygens (including phenoxy) is 1. The maximum atomic E-state index is 9.75.